The highest BCUT2D eigenvalue weighted by atomic mass is 35.5. The second-order valence-electron chi connectivity index (χ2n) is 3.96. The molecule has 1 N–H and O–H groups in total. The fraction of sp³-hybridized carbons (Fsp3) is 0.417. The molecule has 1 aliphatic heterocycles. The molecule has 2 rings (SSSR count). The lowest BCUT2D eigenvalue weighted by Gasteiger charge is -2.27. The number of amides is 1. The Kier molecular flexibility index (Phi) is 3.86. The first-order chi connectivity index (χ1) is 8.20. The molecule has 1 fully saturated rings. The van der Waals surface area contributed by atoms with Crippen molar-refractivity contribution in [2.45, 2.75) is 6.54 Å². The van der Waals surface area contributed by atoms with E-state index in [0.717, 1.165) is 18.7 Å². The van der Waals surface area contributed by atoms with Gasteiger partial charge in [0.15, 0.2) is 0 Å². The largest absolute Gasteiger partial charge is 0.495 e. The Balaban J connectivity index is 2.07. The van der Waals surface area contributed by atoms with Gasteiger partial charge in [0.05, 0.1) is 18.7 Å². The van der Waals surface area contributed by atoms with Crippen LogP contribution in [0, 0.1) is 0 Å². The van der Waals surface area contributed by atoms with Crippen LogP contribution in [-0.2, 0) is 11.3 Å². The van der Waals surface area contributed by atoms with Crippen LogP contribution in [0.25, 0.3) is 0 Å². The minimum Gasteiger partial charge on any atom is -0.495 e. The smallest absolute Gasteiger partial charge is 0.236 e. The van der Waals surface area contributed by atoms with Gasteiger partial charge in [-0.2, -0.15) is 0 Å². The molecule has 1 heterocycles. The van der Waals surface area contributed by atoms with Gasteiger partial charge in [0.1, 0.15) is 5.75 Å². The standard InChI is InChI=1S/C12H15ClN2O2/c1-17-11-3-2-9(6-10(11)13)8-15-5-4-14-7-12(15)16/h2-3,6,14H,4-5,7-8H2,1H3. The van der Waals surface area contributed by atoms with E-state index in [4.69, 9.17) is 16.3 Å². The molecule has 0 spiro atoms. The Morgan fingerprint density at radius 2 is 2.35 bits per heavy atom. The number of benzene rings is 1. The first kappa shape index (κ1) is 12.2. The van der Waals surface area contributed by atoms with Gasteiger partial charge in [0, 0.05) is 19.6 Å². The molecule has 0 radical (unpaired) electrons. The van der Waals surface area contributed by atoms with Crippen molar-refractivity contribution in [3.8, 4) is 5.75 Å². The molecule has 1 amide bonds. The number of carbonyl (C=O) groups excluding carboxylic acids is 1. The molecular formula is C12H15ClN2O2. The van der Waals surface area contributed by atoms with Crippen molar-refractivity contribution >= 4 is 17.5 Å². The number of piperazine rings is 1. The van der Waals surface area contributed by atoms with Gasteiger partial charge in [-0.3, -0.25) is 4.79 Å². The van der Waals surface area contributed by atoms with E-state index in [1.54, 1.807) is 7.11 Å². The van der Waals surface area contributed by atoms with E-state index < -0.39 is 0 Å². The summed E-state index contributed by atoms with van der Waals surface area (Å²) in [6.07, 6.45) is 0. The summed E-state index contributed by atoms with van der Waals surface area (Å²) >= 11 is 6.04. The van der Waals surface area contributed by atoms with Gasteiger partial charge in [0.25, 0.3) is 0 Å². The molecule has 0 aromatic heterocycles. The molecule has 0 bridgehead atoms. The molecule has 1 aromatic carbocycles. The molecule has 17 heavy (non-hydrogen) atoms. The number of carbonyl (C=O) groups is 1. The topological polar surface area (TPSA) is 41.6 Å². The quantitative estimate of drug-likeness (QED) is 0.884. The summed E-state index contributed by atoms with van der Waals surface area (Å²) in [6, 6.07) is 5.60. The fourth-order valence-electron chi connectivity index (χ4n) is 1.84. The predicted octanol–water partition coefficient (Wildman–Crippen LogP) is 1.28. The minimum absolute atomic E-state index is 0.128. The summed E-state index contributed by atoms with van der Waals surface area (Å²) in [6.45, 7) is 2.60. The van der Waals surface area contributed by atoms with Crippen molar-refractivity contribution < 1.29 is 9.53 Å². The summed E-state index contributed by atoms with van der Waals surface area (Å²) in [5.41, 5.74) is 1.02. The second-order valence-corrected chi connectivity index (χ2v) is 4.37. The number of halogens is 1. The number of hydrogen-bond acceptors (Lipinski definition) is 3. The molecule has 5 heteroatoms. The number of methoxy groups -OCH3 is 1. The highest BCUT2D eigenvalue weighted by Gasteiger charge is 2.17. The summed E-state index contributed by atoms with van der Waals surface area (Å²) in [7, 11) is 1.58. The van der Waals surface area contributed by atoms with E-state index in [-0.39, 0.29) is 5.91 Å². The van der Waals surface area contributed by atoms with Crippen LogP contribution in [0.5, 0.6) is 5.75 Å². The summed E-state index contributed by atoms with van der Waals surface area (Å²) in [4.78, 5) is 13.4. The number of ether oxygens (including phenoxy) is 1. The monoisotopic (exact) mass is 254 g/mol. The Hall–Kier alpha value is -1.26. The first-order valence-electron chi connectivity index (χ1n) is 5.51. The zero-order valence-corrected chi connectivity index (χ0v) is 10.5. The van der Waals surface area contributed by atoms with E-state index in [9.17, 15) is 4.79 Å². The lowest BCUT2D eigenvalue weighted by molar-refractivity contribution is -0.132. The highest BCUT2D eigenvalue weighted by molar-refractivity contribution is 6.32. The summed E-state index contributed by atoms with van der Waals surface area (Å²) in [5, 5.41) is 3.62. The van der Waals surface area contributed by atoms with Crippen LogP contribution in [0.15, 0.2) is 18.2 Å². The third kappa shape index (κ3) is 2.90. The van der Waals surface area contributed by atoms with E-state index in [1.165, 1.54) is 0 Å². The first-order valence-corrected chi connectivity index (χ1v) is 5.89. The SMILES string of the molecule is COc1ccc(CN2CCNCC2=O)cc1Cl. The highest BCUT2D eigenvalue weighted by Crippen LogP contribution is 2.25. The van der Waals surface area contributed by atoms with Crippen LogP contribution in [0.4, 0.5) is 0 Å². The number of rotatable bonds is 3. The van der Waals surface area contributed by atoms with E-state index in [0.29, 0.717) is 23.9 Å². The van der Waals surface area contributed by atoms with Crippen LogP contribution in [-0.4, -0.2) is 37.6 Å². The molecule has 1 saturated heterocycles. The van der Waals surface area contributed by atoms with Crippen LogP contribution < -0.4 is 10.1 Å². The average Bonchev–Trinajstić information content (AvgIpc) is 2.32. The van der Waals surface area contributed by atoms with Crippen molar-refractivity contribution in [3.63, 3.8) is 0 Å². The molecule has 1 aliphatic rings. The summed E-state index contributed by atoms with van der Waals surface area (Å²) < 4.78 is 5.09. The third-order valence-corrected chi connectivity index (χ3v) is 3.07. The predicted molar refractivity (Wildman–Crippen MR) is 66.3 cm³/mol. The maximum atomic E-state index is 11.6. The maximum Gasteiger partial charge on any atom is 0.236 e. The Morgan fingerprint density at radius 1 is 1.53 bits per heavy atom. The van der Waals surface area contributed by atoms with Gasteiger partial charge < -0.3 is 15.0 Å². The van der Waals surface area contributed by atoms with Gasteiger partial charge in [-0.1, -0.05) is 17.7 Å². The summed E-state index contributed by atoms with van der Waals surface area (Å²) in [5.74, 6) is 0.783. The van der Waals surface area contributed by atoms with Crippen LogP contribution in [0.1, 0.15) is 5.56 Å². The van der Waals surface area contributed by atoms with Crippen molar-refractivity contribution in [3.05, 3.63) is 28.8 Å². The maximum absolute atomic E-state index is 11.6. The molecule has 1 aromatic rings. The fourth-order valence-corrected chi connectivity index (χ4v) is 2.12. The zero-order valence-electron chi connectivity index (χ0n) is 9.70. The van der Waals surface area contributed by atoms with E-state index >= 15 is 0 Å². The molecule has 0 aliphatic carbocycles. The van der Waals surface area contributed by atoms with E-state index in [2.05, 4.69) is 5.32 Å². The molecule has 0 unspecified atom stereocenters. The zero-order chi connectivity index (χ0) is 12.3. The van der Waals surface area contributed by atoms with Crippen LogP contribution >= 0.6 is 11.6 Å². The second kappa shape index (κ2) is 5.38. The van der Waals surface area contributed by atoms with Gasteiger partial charge >= 0.3 is 0 Å². The Morgan fingerprint density at radius 3 is 3.00 bits per heavy atom. The van der Waals surface area contributed by atoms with Gasteiger partial charge in [-0.25, -0.2) is 0 Å². The number of nitrogens with one attached hydrogen (secondary N) is 1. The van der Waals surface area contributed by atoms with Crippen molar-refractivity contribution in [1.29, 1.82) is 0 Å². The molecule has 0 saturated carbocycles. The van der Waals surface area contributed by atoms with Gasteiger partial charge in [-0.15, -0.1) is 0 Å². The van der Waals surface area contributed by atoms with Crippen molar-refractivity contribution in [2.24, 2.45) is 0 Å². The Labute approximate surface area is 106 Å². The van der Waals surface area contributed by atoms with Crippen molar-refractivity contribution in [2.75, 3.05) is 26.7 Å². The Bertz CT molecular complexity index is 423. The van der Waals surface area contributed by atoms with Crippen LogP contribution in [0.2, 0.25) is 5.02 Å². The molecular weight excluding hydrogens is 240 g/mol. The molecule has 4 nitrogen and oxygen atoms in total. The number of hydrogen-bond donors (Lipinski definition) is 1. The van der Waals surface area contributed by atoms with Gasteiger partial charge in [-0.05, 0) is 17.7 Å². The lowest BCUT2D eigenvalue weighted by Crippen LogP contribution is -2.47. The van der Waals surface area contributed by atoms with Gasteiger partial charge in [0.2, 0.25) is 5.91 Å². The minimum atomic E-state index is 0.128. The average molecular weight is 255 g/mol. The van der Waals surface area contributed by atoms with Crippen molar-refractivity contribution in [1.82, 2.24) is 10.2 Å². The number of nitrogens with zero attached hydrogens (tertiary/aromatic N) is 1. The molecule has 0 atom stereocenters. The lowest BCUT2D eigenvalue weighted by atomic mass is 10.2. The third-order valence-electron chi connectivity index (χ3n) is 2.78. The van der Waals surface area contributed by atoms with Crippen LogP contribution in [0.3, 0.4) is 0 Å². The molecule has 92 valence electrons. The normalized spacial score (nSPS) is 16.1. The van der Waals surface area contributed by atoms with E-state index in [1.807, 2.05) is 23.1 Å².